The van der Waals surface area contributed by atoms with Gasteiger partial charge in [-0.25, -0.2) is 4.98 Å². The molecule has 7 heteroatoms. The molecule has 4 rings (SSSR count). The highest BCUT2D eigenvalue weighted by molar-refractivity contribution is 6.30. The third-order valence-electron chi connectivity index (χ3n) is 4.46. The van der Waals surface area contributed by atoms with Gasteiger partial charge in [0.1, 0.15) is 18.1 Å². The van der Waals surface area contributed by atoms with E-state index in [-0.39, 0.29) is 6.61 Å². The van der Waals surface area contributed by atoms with Crippen molar-refractivity contribution in [3.8, 4) is 17.3 Å². The van der Waals surface area contributed by atoms with Crippen molar-refractivity contribution in [2.24, 2.45) is 7.05 Å². The number of rotatable bonds is 4. The Morgan fingerprint density at radius 1 is 1.15 bits per heavy atom. The van der Waals surface area contributed by atoms with E-state index < -0.39 is 0 Å². The molecule has 0 unspecified atom stereocenters. The van der Waals surface area contributed by atoms with Gasteiger partial charge >= 0.3 is 0 Å². The van der Waals surface area contributed by atoms with Gasteiger partial charge in [-0.3, -0.25) is 4.68 Å². The van der Waals surface area contributed by atoms with Crippen LogP contribution in [0.15, 0.2) is 34.7 Å². The van der Waals surface area contributed by atoms with E-state index in [1.54, 1.807) is 4.68 Å². The third kappa shape index (κ3) is 3.28. The molecule has 0 spiro atoms. The van der Waals surface area contributed by atoms with Gasteiger partial charge in [0.25, 0.3) is 0 Å². The lowest BCUT2D eigenvalue weighted by Crippen LogP contribution is -2.01. The van der Waals surface area contributed by atoms with E-state index in [0.29, 0.717) is 22.6 Å². The van der Waals surface area contributed by atoms with Crippen LogP contribution < -0.4 is 4.74 Å². The lowest BCUT2D eigenvalue weighted by atomic mass is 10.2. The fraction of sp³-hybridized carbons (Fsp3) is 0.250. The molecule has 0 N–H and O–H groups in total. The number of oxazole rings is 1. The molecule has 3 heterocycles. The summed E-state index contributed by atoms with van der Waals surface area (Å²) >= 11 is 6.05. The topological polar surface area (TPSA) is 66.0 Å². The lowest BCUT2D eigenvalue weighted by molar-refractivity contribution is 0.288. The van der Waals surface area contributed by atoms with Crippen LogP contribution in [0.25, 0.3) is 22.5 Å². The van der Waals surface area contributed by atoms with Crippen LogP contribution in [-0.2, 0) is 13.7 Å². The number of hydrogen-bond donors (Lipinski definition) is 0. The summed E-state index contributed by atoms with van der Waals surface area (Å²) in [7, 11) is 1.88. The first kappa shape index (κ1) is 17.5. The maximum absolute atomic E-state index is 6.05. The Bertz CT molecular complexity index is 1150. The predicted molar refractivity (Wildman–Crippen MR) is 104 cm³/mol. The first-order chi connectivity index (χ1) is 12.9. The summed E-state index contributed by atoms with van der Waals surface area (Å²) in [5.41, 5.74) is 4.40. The molecule has 0 atom stereocenters. The molecule has 0 fully saturated rings. The van der Waals surface area contributed by atoms with Crippen molar-refractivity contribution in [3.05, 3.63) is 58.1 Å². The van der Waals surface area contributed by atoms with Gasteiger partial charge in [-0.05, 0) is 44.5 Å². The van der Waals surface area contributed by atoms with Crippen LogP contribution in [0.5, 0.6) is 5.88 Å². The molecule has 0 bridgehead atoms. The van der Waals surface area contributed by atoms with E-state index in [0.717, 1.165) is 33.5 Å². The summed E-state index contributed by atoms with van der Waals surface area (Å²) in [6.07, 6.45) is 0. The maximum atomic E-state index is 6.05. The number of fused-ring (bicyclic) bond motifs is 1. The zero-order valence-electron chi connectivity index (χ0n) is 15.6. The van der Waals surface area contributed by atoms with Gasteiger partial charge in [-0.2, -0.15) is 10.1 Å². The molecular formula is C20H19ClN4O2. The van der Waals surface area contributed by atoms with E-state index in [1.165, 1.54) is 0 Å². The fourth-order valence-corrected chi connectivity index (χ4v) is 3.34. The first-order valence-electron chi connectivity index (χ1n) is 8.58. The zero-order chi connectivity index (χ0) is 19.1. The van der Waals surface area contributed by atoms with Crippen LogP contribution in [-0.4, -0.2) is 19.7 Å². The second kappa shape index (κ2) is 6.70. The van der Waals surface area contributed by atoms with E-state index in [2.05, 4.69) is 15.1 Å². The molecule has 0 aliphatic heterocycles. The molecule has 0 aliphatic carbocycles. The lowest BCUT2D eigenvalue weighted by Gasteiger charge is -2.06. The maximum Gasteiger partial charge on any atom is 0.226 e. The normalized spacial score (nSPS) is 11.3. The van der Waals surface area contributed by atoms with Crippen molar-refractivity contribution in [1.29, 1.82) is 0 Å². The SMILES string of the molecule is Cc1oc(-c2cccc(Cl)c2)nc1COc1cc(C)c2c(C)nn(C)c2n1. The smallest absolute Gasteiger partial charge is 0.226 e. The summed E-state index contributed by atoms with van der Waals surface area (Å²) < 4.78 is 13.4. The molecule has 0 radical (unpaired) electrons. The highest BCUT2D eigenvalue weighted by atomic mass is 35.5. The molecule has 0 saturated carbocycles. The Morgan fingerprint density at radius 2 is 1.96 bits per heavy atom. The van der Waals surface area contributed by atoms with Crippen LogP contribution in [0, 0.1) is 20.8 Å². The van der Waals surface area contributed by atoms with Gasteiger partial charge in [0.2, 0.25) is 11.8 Å². The highest BCUT2D eigenvalue weighted by Crippen LogP contribution is 2.26. The van der Waals surface area contributed by atoms with Gasteiger partial charge < -0.3 is 9.15 Å². The number of pyridine rings is 1. The monoisotopic (exact) mass is 382 g/mol. The molecule has 27 heavy (non-hydrogen) atoms. The van der Waals surface area contributed by atoms with Crippen molar-refractivity contribution in [1.82, 2.24) is 19.7 Å². The summed E-state index contributed by atoms with van der Waals surface area (Å²) in [4.78, 5) is 9.13. The summed E-state index contributed by atoms with van der Waals surface area (Å²) in [5, 5.41) is 6.13. The van der Waals surface area contributed by atoms with Crippen molar-refractivity contribution in [3.63, 3.8) is 0 Å². The molecule has 3 aromatic heterocycles. The minimum absolute atomic E-state index is 0.269. The van der Waals surface area contributed by atoms with Gasteiger partial charge in [0, 0.05) is 29.1 Å². The van der Waals surface area contributed by atoms with Crippen LogP contribution in [0.1, 0.15) is 22.7 Å². The number of hydrogen-bond acceptors (Lipinski definition) is 5. The molecule has 0 saturated heterocycles. The molecule has 0 amide bonds. The van der Waals surface area contributed by atoms with Gasteiger partial charge in [-0.1, -0.05) is 17.7 Å². The molecule has 1 aromatic carbocycles. The zero-order valence-corrected chi connectivity index (χ0v) is 16.3. The van der Waals surface area contributed by atoms with Crippen molar-refractivity contribution >= 4 is 22.6 Å². The number of nitrogens with zero attached hydrogens (tertiary/aromatic N) is 4. The Balaban J connectivity index is 1.59. The van der Waals surface area contributed by atoms with E-state index >= 15 is 0 Å². The largest absolute Gasteiger partial charge is 0.471 e. The number of ether oxygens (including phenoxy) is 1. The van der Waals surface area contributed by atoms with E-state index in [9.17, 15) is 0 Å². The summed E-state index contributed by atoms with van der Waals surface area (Å²) in [6.45, 7) is 6.15. The standard InChI is InChI=1S/C20H19ClN4O2/c1-11-8-17(23-19-18(11)12(2)24-25(19)4)26-10-16-13(3)27-20(22-16)14-6-5-7-15(21)9-14/h5-9H,10H2,1-4H3. The molecule has 0 aliphatic rings. The molecule has 6 nitrogen and oxygen atoms in total. The minimum Gasteiger partial charge on any atom is -0.471 e. The summed E-state index contributed by atoms with van der Waals surface area (Å²) in [6, 6.07) is 9.33. The van der Waals surface area contributed by atoms with Crippen LogP contribution in [0.2, 0.25) is 5.02 Å². The van der Waals surface area contributed by atoms with Crippen LogP contribution >= 0.6 is 11.6 Å². The minimum atomic E-state index is 0.269. The summed E-state index contributed by atoms with van der Waals surface area (Å²) in [5.74, 6) is 1.77. The second-order valence-electron chi connectivity index (χ2n) is 6.51. The number of aromatic nitrogens is 4. The molecule has 4 aromatic rings. The Hall–Kier alpha value is -2.86. The second-order valence-corrected chi connectivity index (χ2v) is 6.94. The predicted octanol–water partition coefficient (Wildman–Crippen LogP) is 4.78. The first-order valence-corrected chi connectivity index (χ1v) is 8.96. The average molecular weight is 383 g/mol. The van der Waals surface area contributed by atoms with Gasteiger partial charge in [0.05, 0.1) is 5.69 Å². The Kier molecular flexibility index (Phi) is 4.36. The quantitative estimate of drug-likeness (QED) is 0.508. The van der Waals surface area contributed by atoms with Crippen molar-refractivity contribution < 1.29 is 9.15 Å². The van der Waals surface area contributed by atoms with Crippen molar-refractivity contribution in [2.45, 2.75) is 27.4 Å². The van der Waals surface area contributed by atoms with Crippen LogP contribution in [0.4, 0.5) is 0 Å². The fourth-order valence-electron chi connectivity index (χ4n) is 3.15. The van der Waals surface area contributed by atoms with Gasteiger partial charge in [0.15, 0.2) is 5.65 Å². The Morgan fingerprint density at radius 3 is 2.74 bits per heavy atom. The number of halogens is 1. The molecule has 138 valence electrons. The number of aryl methyl sites for hydroxylation is 4. The van der Waals surface area contributed by atoms with Crippen molar-refractivity contribution in [2.75, 3.05) is 0 Å². The van der Waals surface area contributed by atoms with Crippen LogP contribution in [0.3, 0.4) is 0 Å². The molecular weight excluding hydrogens is 364 g/mol. The van der Waals surface area contributed by atoms with E-state index in [1.807, 2.05) is 58.2 Å². The van der Waals surface area contributed by atoms with E-state index in [4.69, 9.17) is 20.8 Å². The Labute approximate surface area is 161 Å². The van der Waals surface area contributed by atoms with Gasteiger partial charge in [-0.15, -0.1) is 0 Å². The number of benzene rings is 1. The highest BCUT2D eigenvalue weighted by Gasteiger charge is 2.15. The third-order valence-corrected chi connectivity index (χ3v) is 4.70. The average Bonchev–Trinajstić information content (AvgIpc) is 3.13.